The predicted molar refractivity (Wildman–Crippen MR) is 55.0 cm³/mol. The maximum absolute atomic E-state index is 11.2. The smallest absolute Gasteiger partial charge is 0.343 e. The van der Waals surface area contributed by atoms with E-state index in [0.29, 0.717) is 5.13 Å². The number of hydrogen-bond donors (Lipinski definition) is 1. The Labute approximate surface area is 89.3 Å². The third kappa shape index (κ3) is 1.57. The molecule has 2 heterocycles. The summed E-state index contributed by atoms with van der Waals surface area (Å²) in [7, 11) is 1.29. The van der Waals surface area contributed by atoms with E-state index in [0.717, 1.165) is 0 Å². The van der Waals surface area contributed by atoms with Gasteiger partial charge in [-0.25, -0.2) is 9.78 Å². The van der Waals surface area contributed by atoms with Crippen molar-refractivity contribution in [2.75, 3.05) is 12.8 Å². The van der Waals surface area contributed by atoms with Crippen LogP contribution in [0.5, 0.6) is 0 Å². The van der Waals surface area contributed by atoms with Crippen LogP contribution in [0.25, 0.3) is 5.13 Å². The summed E-state index contributed by atoms with van der Waals surface area (Å²) in [6.07, 6.45) is 3.00. The number of rotatable bonds is 2. The second-order valence-corrected chi connectivity index (χ2v) is 3.53. The van der Waals surface area contributed by atoms with Crippen molar-refractivity contribution in [3.63, 3.8) is 0 Å². The van der Waals surface area contributed by atoms with E-state index in [1.807, 2.05) is 0 Å². The molecule has 0 bridgehead atoms. The first-order valence-electron chi connectivity index (χ1n) is 4.05. The van der Waals surface area contributed by atoms with Crippen LogP contribution in [-0.2, 0) is 4.74 Å². The Hall–Kier alpha value is -1.89. The lowest BCUT2D eigenvalue weighted by molar-refractivity contribution is 0.0602. The van der Waals surface area contributed by atoms with Crippen molar-refractivity contribution < 1.29 is 9.53 Å². The van der Waals surface area contributed by atoms with Gasteiger partial charge in [0.15, 0.2) is 0 Å². The number of ether oxygens (including phenoxy) is 1. The fourth-order valence-electron chi connectivity index (χ4n) is 1.10. The molecule has 2 aromatic rings. The van der Waals surface area contributed by atoms with Gasteiger partial charge in [0.05, 0.1) is 13.3 Å². The Bertz CT molecular complexity index is 477. The highest BCUT2D eigenvalue weighted by Crippen LogP contribution is 2.18. The predicted octanol–water partition coefficient (Wildman–Crippen LogP) is 0.698. The van der Waals surface area contributed by atoms with Gasteiger partial charge in [-0.1, -0.05) is 0 Å². The molecule has 78 valence electrons. The number of nitrogens with zero attached hydrogens (tertiary/aromatic N) is 3. The van der Waals surface area contributed by atoms with Crippen molar-refractivity contribution >= 4 is 23.1 Å². The SMILES string of the molecule is COC(=O)c1cnn(-c2nccs2)c1N. The van der Waals surface area contributed by atoms with Crippen LogP contribution in [0.1, 0.15) is 10.4 Å². The highest BCUT2D eigenvalue weighted by Gasteiger charge is 2.17. The van der Waals surface area contributed by atoms with Gasteiger partial charge in [0, 0.05) is 11.6 Å². The molecule has 2 N–H and O–H groups in total. The van der Waals surface area contributed by atoms with E-state index in [-0.39, 0.29) is 11.4 Å². The number of anilines is 1. The number of nitrogens with two attached hydrogens (primary N) is 1. The Kier molecular flexibility index (Phi) is 2.38. The van der Waals surface area contributed by atoms with Gasteiger partial charge in [-0.05, 0) is 0 Å². The van der Waals surface area contributed by atoms with E-state index in [1.54, 1.807) is 11.6 Å². The summed E-state index contributed by atoms with van der Waals surface area (Å²) >= 11 is 1.38. The maximum Gasteiger partial charge on any atom is 0.343 e. The lowest BCUT2D eigenvalue weighted by Gasteiger charge is -1.99. The third-order valence-electron chi connectivity index (χ3n) is 1.81. The maximum atomic E-state index is 11.2. The van der Waals surface area contributed by atoms with E-state index in [2.05, 4.69) is 14.8 Å². The summed E-state index contributed by atoms with van der Waals surface area (Å²) in [4.78, 5) is 15.3. The fraction of sp³-hybridized carbons (Fsp3) is 0.125. The highest BCUT2D eigenvalue weighted by atomic mass is 32.1. The summed E-state index contributed by atoms with van der Waals surface area (Å²) < 4.78 is 5.96. The molecule has 7 heteroatoms. The standard InChI is InChI=1S/C8H8N4O2S/c1-14-7(13)5-4-11-12(6(5)9)8-10-2-3-15-8/h2-4H,9H2,1H3. The Morgan fingerprint density at radius 1 is 1.67 bits per heavy atom. The minimum Gasteiger partial charge on any atom is -0.465 e. The van der Waals surface area contributed by atoms with Gasteiger partial charge in [-0.2, -0.15) is 9.78 Å². The first-order chi connectivity index (χ1) is 7.24. The summed E-state index contributed by atoms with van der Waals surface area (Å²) in [5, 5.41) is 6.38. The molecule has 0 spiro atoms. The Balaban J connectivity index is 2.45. The Morgan fingerprint density at radius 3 is 3.07 bits per heavy atom. The molecule has 0 aliphatic rings. The Morgan fingerprint density at radius 2 is 2.47 bits per heavy atom. The number of hydrogen-bond acceptors (Lipinski definition) is 6. The molecule has 2 rings (SSSR count). The number of thiazole rings is 1. The zero-order valence-corrected chi connectivity index (χ0v) is 8.69. The normalized spacial score (nSPS) is 10.2. The molecule has 0 fully saturated rings. The number of carbonyl (C=O) groups is 1. The molecule has 0 aliphatic heterocycles. The van der Waals surface area contributed by atoms with Crippen molar-refractivity contribution in [3.05, 3.63) is 23.3 Å². The molecule has 0 unspecified atom stereocenters. The molecule has 2 aromatic heterocycles. The first kappa shape index (κ1) is 9.66. The first-order valence-corrected chi connectivity index (χ1v) is 4.93. The van der Waals surface area contributed by atoms with Crippen molar-refractivity contribution in [2.24, 2.45) is 0 Å². The van der Waals surface area contributed by atoms with E-state index in [1.165, 1.54) is 29.3 Å². The van der Waals surface area contributed by atoms with Crippen LogP contribution in [0.4, 0.5) is 5.82 Å². The second kappa shape index (κ2) is 3.70. The number of carbonyl (C=O) groups excluding carboxylic acids is 1. The lowest BCUT2D eigenvalue weighted by Crippen LogP contribution is -2.07. The molecule has 0 aromatic carbocycles. The van der Waals surface area contributed by atoms with Gasteiger partial charge >= 0.3 is 5.97 Å². The topological polar surface area (TPSA) is 83.0 Å². The van der Waals surface area contributed by atoms with Crippen molar-refractivity contribution in [1.29, 1.82) is 0 Å². The second-order valence-electron chi connectivity index (χ2n) is 2.66. The molecular formula is C8H8N4O2S. The average molecular weight is 224 g/mol. The zero-order valence-electron chi connectivity index (χ0n) is 7.88. The molecule has 6 nitrogen and oxygen atoms in total. The third-order valence-corrected chi connectivity index (χ3v) is 2.56. The summed E-state index contributed by atoms with van der Waals surface area (Å²) in [5.74, 6) is -0.271. The molecule has 0 saturated carbocycles. The molecule has 0 radical (unpaired) electrons. The average Bonchev–Trinajstić information content (AvgIpc) is 2.85. The summed E-state index contributed by atoms with van der Waals surface area (Å²) in [6, 6.07) is 0. The number of esters is 1. The van der Waals surface area contributed by atoms with Crippen LogP contribution in [-0.4, -0.2) is 27.8 Å². The number of aromatic nitrogens is 3. The van der Waals surface area contributed by atoms with Crippen molar-refractivity contribution in [1.82, 2.24) is 14.8 Å². The van der Waals surface area contributed by atoms with Crippen LogP contribution < -0.4 is 5.73 Å². The highest BCUT2D eigenvalue weighted by molar-refractivity contribution is 7.12. The van der Waals surface area contributed by atoms with Crippen molar-refractivity contribution in [2.45, 2.75) is 0 Å². The molecular weight excluding hydrogens is 216 g/mol. The van der Waals surface area contributed by atoms with Crippen LogP contribution in [0.2, 0.25) is 0 Å². The van der Waals surface area contributed by atoms with Crippen molar-refractivity contribution in [3.8, 4) is 5.13 Å². The van der Waals surface area contributed by atoms with Crippen LogP contribution in [0, 0.1) is 0 Å². The van der Waals surface area contributed by atoms with Crippen LogP contribution >= 0.6 is 11.3 Å². The largest absolute Gasteiger partial charge is 0.465 e. The van der Waals surface area contributed by atoms with E-state index >= 15 is 0 Å². The van der Waals surface area contributed by atoms with Gasteiger partial charge in [0.1, 0.15) is 11.4 Å². The van der Waals surface area contributed by atoms with E-state index in [4.69, 9.17) is 5.73 Å². The molecule has 0 atom stereocenters. The molecule has 15 heavy (non-hydrogen) atoms. The van der Waals surface area contributed by atoms with Crippen LogP contribution in [0.15, 0.2) is 17.8 Å². The van der Waals surface area contributed by atoms with Gasteiger partial charge in [-0.3, -0.25) is 0 Å². The molecule has 0 amide bonds. The fourth-order valence-corrected chi connectivity index (χ4v) is 1.71. The summed E-state index contributed by atoms with van der Waals surface area (Å²) in [6.45, 7) is 0. The number of methoxy groups -OCH3 is 1. The molecule has 0 saturated heterocycles. The number of nitrogen functional groups attached to an aromatic ring is 1. The van der Waals surface area contributed by atoms with Crippen LogP contribution in [0.3, 0.4) is 0 Å². The van der Waals surface area contributed by atoms with Gasteiger partial charge in [0.25, 0.3) is 0 Å². The minimum atomic E-state index is -0.504. The monoisotopic (exact) mass is 224 g/mol. The zero-order chi connectivity index (χ0) is 10.8. The summed E-state index contributed by atoms with van der Waals surface area (Å²) in [5.41, 5.74) is 5.98. The molecule has 0 aliphatic carbocycles. The van der Waals surface area contributed by atoms with Gasteiger partial charge in [0.2, 0.25) is 5.13 Å². The quantitative estimate of drug-likeness (QED) is 0.759. The van der Waals surface area contributed by atoms with Gasteiger partial charge < -0.3 is 10.5 Å². The van der Waals surface area contributed by atoms with E-state index in [9.17, 15) is 4.79 Å². The van der Waals surface area contributed by atoms with E-state index < -0.39 is 5.97 Å². The van der Waals surface area contributed by atoms with Gasteiger partial charge in [-0.15, -0.1) is 11.3 Å². The minimum absolute atomic E-state index is 0.233. The lowest BCUT2D eigenvalue weighted by atomic mass is 10.3.